The number of halogens is 3. The van der Waals surface area contributed by atoms with Crippen LogP contribution in [0.3, 0.4) is 0 Å². The number of thiazole rings is 1. The van der Waals surface area contributed by atoms with Gasteiger partial charge in [0.25, 0.3) is 0 Å². The first-order valence-electron chi connectivity index (χ1n) is 2.62. The summed E-state index contributed by atoms with van der Waals surface area (Å²) < 4.78 is 34.9. The fourth-order valence-electron chi connectivity index (χ4n) is 0.529. The minimum Gasteiger partial charge on any atom is -0.444 e. The van der Waals surface area contributed by atoms with Crippen molar-refractivity contribution < 1.29 is 64.3 Å². The van der Waals surface area contributed by atoms with Crippen LogP contribution in [0.25, 0.3) is 0 Å². The van der Waals surface area contributed by atoms with Crippen LogP contribution in [0, 0.1) is 6.92 Å². The van der Waals surface area contributed by atoms with Crippen LogP contribution in [0.2, 0.25) is 0 Å². The minimum atomic E-state index is -4.83. The normalized spacial score (nSPS) is 10.9. The maximum absolute atomic E-state index is 11.8. The van der Waals surface area contributed by atoms with Crippen molar-refractivity contribution in [1.82, 2.24) is 4.98 Å². The van der Waals surface area contributed by atoms with Crippen LogP contribution >= 0.6 is 11.3 Å². The SMILES string of the molecule is Cc1ncc([B-](F)(F)F)s1.[K+]. The molecule has 0 spiro atoms. The van der Waals surface area contributed by atoms with Crippen LogP contribution < -0.4 is 56.2 Å². The summed E-state index contributed by atoms with van der Waals surface area (Å²) in [6.07, 6.45) is 0.875. The number of aryl methyl sites for hydroxylation is 1. The van der Waals surface area contributed by atoms with E-state index in [-0.39, 0.29) is 51.4 Å². The molecule has 0 saturated heterocycles. The maximum atomic E-state index is 11.8. The van der Waals surface area contributed by atoms with Gasteiger partial charge in [0.15, 0.2) is 0 Å². The van der Waals surface area contributed by atoms with Gasteiger partial charge in [0.2, 0.25) is 0 Å². The summed E-state index contributed by atoms with van der Waals surface area (Å²) >= 11 is 0.686. The van der Waals surface area contributed by atoms with Crippen molar-refractivity contribution in [3.8, 4) is 0 Å². The van der Waals surface area contributed by atoms with Gasteiger partial charge in [-0.05, 0) is 11.7 Å². The van der Waals surface area contributed by atoms with E-state index in [4.69, 9.17) is 0 Å². The van der Waals surface area contributed by atoms with Gasteiger partial charge in [-0.25, -0.2) is 0 Å². The van der Waals surface area contributed by atoms with Gasteiger partial charge >= 0.3 is 58.4 Å². The Bertz CT molecular complexity index is 235. The zero-order valence-corrected chi connectivity index (χ0v) is 10.1. The second-order valence-electron chi connectivity index (χ2n) is 1.86. The molecule has 0 aliphatic carbocycles. The van der Waals surface area contributed by atoms with Crippen LogP contribution in [0.1, 0.15) is 5.01 Å². The molecular formula is C4H4BF3KNS. The third-order valence-corrected chi connectivity index (χ3v) is 1.97. The summed E-state index contributed by atoms with van der Waals surface area (Å²) in [7, 11) is 0. The minimum absolute atomic E-state index is 0. The maximum Gasteiger partial charge on any atom is 1.00 e. The Balaban J connectivity index is 0.000001000. The third-order valence-electron chi connectivity index (χ3n) is 0.962. The summed E-state index contributed by atoms with van der Waals surface area (Å²) in [6.45, 7) is -3.28. The Morgan fingerprint density at radius 2 is 2.00 bits per heavy atom. The molecule has 7 heteroatoms. The third kappa shape index (κ3) is 3.56. The van der Waals surface area contributed by atoms with Gasteiger partial charge in [-0.2, -0.15) is 11.3 Å². The van der Waals surface area contributed by atoms with Crippen molar-refractivity contribution in [3.05, 3.63) is 11.2 Å². The number of rotatable bonds is 1. The molecule has 0 saturated carbocycles. The molecule has 0 fully saturated rings. The van der Waals surface area contributed by atoms with Crippen LogP contribution in [0.4, 0.5) is 12.9 Å². The topological polar surface area (TPSA) is 12.9 Å². The Labute approximate surface area is 109 Å². The molecule has 0 aliphatic rings. The molecule has 1 aromatic heterocycles. The molecule has 0 amide bonds. The van der Waals surface area contributed by atoms with E-state index in [0.29, 0.717) is 16.3 Å². The molecule has 1 nitrogen and oxygen atoms in total. The monoisotopic (exact) mass is 205 g/mol. The number of nitrogens with zero attached hydrogens (tertiary/aromatic N) is 1. The molecule has 0 aromatic carbocycles. The summed E-state index contributed by atoms with van der Waals surface area (Å²) in [6, 6.07) is 0. The van der Waals surface area contributed by atoms with Gasteiger partial charge in [0, 0.05) is 6.20 Å². The second kappa shape index (κ2) is 4.38. The van der Waals surface area contributed by atoms with Crippen LogP contribution in [-0.4, -0.2) is 12.0 Å². The van der Waals surface area contributed by atoms with Crippen LogP contribution in [-0.2, 0) is 0 Å². The summed E-state index contributed by atoms with van der Waals surface area (Å²) in [5.41, 5.74) is 0. The van der Waals surface area contributed by atoms with Gasteiger partial charge in [-0.15, -0.1) is 0 Å². The predicted molar refractivity (Wildman–Crippen MR) is 35.6 cm³/mol. The molecule has 0 aliphatic heterocycles. The van der Waals surface area contributed by atoms with Gasteiger partial charge in [0.1, 0.15) is 0 Å². The van der Waals surface area contributed by atoms with Gasteiger partial charge in [0.05, 0.1) is 5.01 Å². The van der Waals surface area contributed by atoms with Crippen LogP contribution in [0.15, 0.2) is 6.20 Å². The van der Waals surface area contributed by atoms with E-state index in [2.05, 4.69) is 4.98 Å². The fourth-order valence-corrected chi connectivity index (χ4v) is 1.21. The molecule has 1 rings (SSSR count). The van der Waals surface area contributed by atoms with Crippen molar-refractivity contribution in [3.63, 3.8) is 0 Å². The molecule has 0 N–H and O–H groups in total. The molecule has 1 aromatic rings. The van der Waals surface area contributed by atoms with E-state index in [9.17, 15) is 12.9 Å². The smallest absolute Gasteiger partial charge is 0.444 e. The predicted octanol–water partition coefficient (Wildman–Crippen LogP) is -1.49. The van der Waals surface area contributed by atoms with Gasteiger partial charge in [-0.3, -0.25) is 4.98 Å². The molecular weight excluding hydrogens is 201 g/mol. The zero-order valence-electron chi connectivity index (χ0n) is 6.14. The van der Waals surface area contributed by atoms with E-state index < -0.39 is 11.8 Å². The van der Waals surface area contributed by atoms with E-state index >= 15 is 0 Å². The number of aromatic nitrogens is 1. The zero-order chi connectivity index (χ0) is 7.78. The first-order chi connectivity index (χ1) is 4.50. The quantitative estimate of drug-likeness (QED) is 0.509. The average molecular weight is 205 g/mol. The first kappa shape index (κ1) is 12.1. The van der Waals surface area contributed by atoms with Crippen molar-refractivity contribution in [2.45, 2.75) is 6.92 Å². The number of hydrogen-bond acceptors (Lipinski definition) is 2. The van der Waals surface area contributed by atoms with E-state index in [1.54, 1.807) is 6.92 Å². The Kier molecular flexibility index (Phi) is 4.83. The average Bonchev–Trinajstić information content (AvgIpc) is 2.11. The Morgan fingerprint density at radius 1 is 1.45 bits per heavy atom. The molecule has 0 bridgehead atoms. The fraction of sp³-hybridized carbons (Fsp3) is 0.250. The molecule has 0 atom stereocenters. The Hall–Kier alpha value is 1.12. The molecule has 0 unspecified atom stereocenters. The molecule has 0 radical (unpaired) electrons. The number of hydrogen-bond donors (Lipinski definition) is 0. The summed E-state index contributed by atoms with van der Waals surface area (Å²) in [5, 5.41) is 0.453. The van der Waals surface area contributed by atoms with Gasteiger partial charge < -0.3 is 12.9 Å². The summed E-state index contributed by atoms with van der Waals surface area (Å²) in [4.78, 5) is 3.50. The van der Waals surface area contributed by atoms with E-state index in [1.165, 1.54) is 0 Å². The van der Waals surface area contributed by atoms with Gasteiger partial charge in [-0.1, -0.05) is 0 Å². The molecule has 56 valence electrons. The largest absolute Gasteiger partial charge is 1.00 e. The summed E-state index contributed by atoms with van der Waals surface area (Å²) in [5.74, 6) is 0. The van der Waals surface area contributed by atoms with E-state index in [0.717, 1.165) is 6.20 Å². The first-order valence-corrected chi connectivity index (χ1v) is 3.44. The van der Waals surface area contributed by atoms with Crippen molar-refractivity contribution in [2.24, 2.45) is 0 Å². The second-order valence-corrected chi connectivity index (χ2v) is 3.12. The van der Waals surface area contributed by atoms with Crippen LogP contribution in [0.5, 0.6) is 0 Å². The van der Waals surface area contributed by atoms with Crippen molar-refractivity contribution >= 4 is 23.1 Å². The Morgan fingerprint density at radius 3 is 2.18 bits per heavy atom. The van der Waals surface area contributed by atoms with E-state index in [1.807, 2.05) is 0 Å². The standard InChI is InChI=1S/C4H4BF3NS.K/c1-3-9-2-4(10-3)5(6,7)8;/h2H,1H3;/q-1;+1. The van der Waals surface area contributed by atoms with Crippen molar-refractivity contribution in [2.75, 3.05) is 0 Å². The molecule has 1 heterocycles. The molecule has 11 heavy (non-hydrogen) atoms. The van der Waals surface area contributed by atoms with Crippen molar-refractivity contribution in [1.29, 1.82) is 0 Å².